The summed E-state index contributed by atoms with van der Waals surface area (Å²) in [6.45, 7) is 4.71. The van der Waals surface area contributed by atoms with Crippen LogP contribution in [-0.2, 0) is 0 Å². The average Bonchev–Trinajstić information content (AvgIpc) is 2.84. The van der Waals surface area contributed by atoms with Crippen molar-refractivity contribution in [2.24, 2.45) is 17.8 Å². The molecule has 0 spiro atoms. The third kappa shape index (κ3) is 1.93. The largest absolute Gasteiger partial charge is 0.493 e. The maximum Gasteiger partial charge on any atom is 0.125 e. The van der Waals surface area contributed by atoms with Crippen LogP contribution in [0.5, 0.6) is 5.75 Å². The molecule has 98 valence electrons. The fourth-order valence-corrected chi connectivity index (χ4v) is 3.74. The zero-order chi connectivity index (χ0) is 12.7. The lowest BCUT2D eigenvalue weighted by atomic mass is 9.97. The Morgan fingerprint density at radius 2 is 2.06 bits per heavy atom. The summed E-state index contributed by atoms with van der Waals surface area (Å²) in [7, 11) is 0. The van der Waals surface area contributed by atoms with E-state index >= 15 is 0 Å². The Morgan fingerprint density at radius 1 is 1.33 bits per heavy atom. The first kappa shape index (κ1) is 12.0. The van der Waals surface area contributed by atoms with Crippen LogP contribution < -0.4 is 4.74 Å². The van der Waals surface area contributed by atoms with E-state index in [-0.39, 0.29) is 6.10 Å². The number of ether oxygens (including phenoxy) is 1. The monoisotopic (exact) mass is 246 g/mol. The van der Waals surface area contributed by atoms with Gasteiger partial charge in [0.15, 0.2) is 0 Å². The minimum Gasteiger partial charge on any atom is -0.493 e. The number of benzene rings is 1. The smallest absolute Gasteiger partial charge is 0.125 e. The van der Waals surface area contributed by atoms with Crippen LogP contribution in [0.3, 0.4) is 0 Å². The van der Waals surface area contributed by atoms with Gasteiger partial charge in [-0.1, -0.05) is 18.1 Å². The minimum atomic E-state index is -0.332. The lowest BCUT2D eigenvalue weighted by Gasteiger charge is -2.18. The van der Waals surface area contributed by atoms with Crippen LogP contribution in [0.2, 0.25) is 0 Å². The molecule has 0 radical (unpaired) electrons. The number of fused-ring (bicyclic) bond motifs is 1. The van der Waals surface area contributed by atoms with E-state index in [1.807, 2.05) is 13.0 Å². The van der Waals surface area contributed by atoms with Crippen molar-refractivity contribution in [1.82, 2.24) is 0 Å². The van der Waals surface area contributed by atoms with E-state index in [0.29, 0.717) is 12.5 Å². The van der Waals surface area contributed by atoms with Crippen molar-refractivity contribution in [1.29, 1.82) is 0 Å². The van der Waals surface area contributed by atoms with Crippen molar-refractivity contribution in [2.45, 2.75) is 39.2 Å². The molecule has 1 N–H and O–H groups in total. The maximum atomic E-state index is 10.6. The Morgan fingerprint density at radius 3 is 2.72 bits per heavy atom. The molecule has 0 amide bonds. The molecule has 0 bridgehead atoms. The van der Waals surface area contributed by atoms with Gasteiger partial charge in [0.05, 0.1) is 12.7 Å². The second-order valence-corrected chi connectivity index (χ2v) is 5.76. The van der Waals surface area contributed by atoms with Gasteiger partial charge in [-0.3, -0.25) is 0 Å². The molecular formula is C16H22O2. The summed E-state index contributed by atoms with van der Waals surface area (Å²) in [5, 5.41) is 10.6. The van der Waals surface area contributed by atoms with E-state index in [9.17, 15) is 5.11 Å². The number of hydrogen-bond acceptors (Lipinski definition) is 2. The topological polar surface area (TPSA) is 29.5 Å². The van der Waals surface area contributed by atoms with Gasteiger partial charge in [0.2, 0.25) is 0 Å². The van der Waals surface area contributed by atoms with E-state index in [4.69, 9.17) is 4.74 Å². The number of hydrogen-bond donors (Lipinski definition) is 1. The zero-order valence-corrected chi connectivity index (χ0v) is 11.2. The van der Waals surface area contributed by atoms with Crippen molar-refractivity contribution in [3.63, 3.8) is 0 Å². The summed E-state index contributed by atoms with van der Waals surface area (Å²) in [5.74, 6) is 2.89. The highest BCUT2D eigenvalue weighted by Gasteiger charge is 2.56. The van der Waals surface area contributed by atoms with Crippen molar-refractivity contribution < 1.29 is 9.84 Å². The summed E-state index contributed by atoms with van der Waals surface area (Å²) in [6, 6.07) is 6.13. The quantitative estimate of drug-likeness (QED) is 0.881. The van der Waals surface area contributed by atoms with Gasteiger partial charge in [0.1, 0.15) is 5.75 Å². The fourth-order valence-electron chi connectivity index (χ4n) is 3.74. The summed E-state index contributed by atoms with van der Waals surface area (Å²) in [4.78, 5) is 0. The number of aliphatic hydroxyl groups excluding tert-OH is 1. The first-order valence-corrected chi connectivity index (χ1v) is 7.13. The molecular weight excluding hydrogens is 224 g/mol. The number of rotatable bonds is 4. The van der Waals surface area contributed by atoms with Gasteiger partial charge in [0.25, 0.3) is 0 Å². The Bertz CT molecular complexity index is 431. The highest BCUT2D eigenvalue weighted by Crippen LogP contribution is 2.62. The van der Waals surface area contributed by atoms with E-state index in [0.717, 1.165) is 23.1 Å². The first-order chi connectivity index (χ1) is 8.72. The van der Waals surface area contributed by atoms with E-state index in [1.54, 1.807) is 0 Å². The van der Waals surface area contributed by atoms with Crippen LogP contribution in [0, 0.1) is 24.7 Å². The molecule has 2 fully saturated rings. The van der Waals surface area contributed by atoms with Crippen LogP contribution in [-0.4, -0.2) is 11.7 Å². The first-order valence-electron chi connectivity index (χ1n) is 7.13. The van der Waals surface area contributed by atoms with Crippen LogP contribution in [0.15, 0.2) is 18.2 Å². The van der Waals surface area contributed by atoms with Crippen LogP contribution >= 0.6 is 0 Å². The molecule has 2 aliphatic carbocycles. The molecule has 1 aromatic rings. The van der Waals surface area contributed by atoms with Crippen molar-refractivity contribution in [3.05, 3.63) is 29.3 Å². The summed E-state index contributed by atoms with van der Waals surface area (Å²) in [5.41, 5.74) is 2.19. The average molecular weight is 246 g/mol. The van der Waals surface area contributed by atoms with Gasteiger partial charge in [-0.2, -0.15) is 0 Å². The van der Waals surface area contributed by atoms with E-state index < -0.39 is 0 Å². The third-order valence-electron chi connectivity index (χ3n) is 4.62. The summed E-state index contributed by atoms with van der Waals surface area (Å²) >= 11 is 0. The standard InChI is InChI=1S/C16H22O2/c1-3-18-14-8-7-10(2)9-13(14)16(17)15-11-5-4-6-12(11)15/h7-9,11-12,15-17H,3-6H2,1-2H3. The Kier molecular flexibility index (Phi) is 3.06. The normalized spacial score (nSPS) is 30.9. The number of aryl methyl sites for hydroxylation is 1. The number of aliphatic hydroxyl groups is 1. The molecule has 2 nitrogen and oxygen atoms in total. The molecule has 18 heavy (non-hydrogen) atoms. The SMILES string of the molecule is CCOc1ccc(C)cc1C(O)C1C2CCCC21. The molecule has 3 atom stereocenters. The van der Waals surface area contributed by atoms with Crippen LogP contribution in [0.4, 0.5) is 0 Å². The van der Waals surface area contributed by atoms with E-state index in [2.05, 4.69) is 19.1 Å². The Labute approximate surface area is 109 Å². The second kappa shape index (κ2) is 4.58. The van der Waals surface area contributed by atoms with Gasteiger partial charge < -0.3 is 9.84 Å². The van der Waals surface area contributed by atoms with Crippen molar-refractivity contribution in [3.8, 4) is 5.75 Å². The molecule has 2 saturated carbocycles. The van der Waals surface area contributed by atoms with Gasteiger partial charge in [-0.05, 0) is 56.6 Å². The summed E-state index contributed by atoms with van der Waals surface area (Å²) in [6.07, 6.45) is 3.64. The van der Waals surface area contributed by atoms with Gasteiger partial charge in [-0.15, -0.1) is 0 Å². The second-order valence-electron chi connectivity index (χ2n) is 5.76. The summed E-state index contributed by atoms with van der Waals surface area (Å²) < 4.78 is 5.65. The van der Waals surface area contributed by atoms with E-state index in [1.165, 1.54) is 24.8 Å². The minimum absolute atomic E-state index is 0.332. The molecule has 0 aliphatic heterocycles. The molecule has 3 unspecified atom stereocenters. The lowest BCUT2D eigenvalue weighted by molar-refractivity contribution is 0.132. The fraction of sp³-hybridized carbons (Fsp3) is 0.625. The van der Waals surface area contributed by atoms with Crippen molar-refractivity contribution in [2.75, 3.05) is 6.61 Å². The van der Waals surface area contributed by atoms with Gasteiger partial charge in [0, 0.05) is 5.56 Å². The Balaban J connectivity index is 1.84. The van der Waals surface area contributed by atoms with Gasteiger partial charge >= 0.3 is 0 Å². The predicted octanol–water partition coefficient (Wildman–Crippen LogP) is 3.47. The molecule has 3 rings (SSSR count). The molecule has 1 aromatic carbocycles. The zero-order valence-electron chi connectivity index (χ0n) is 11.2. The molecule has 0 saturated heterocycles. The van der Waals surface area contributed by atoms with Crippen LogP contribution in [0.1, 0.15) is 43.4 Å². The Hall–Kier alpha value is -1.02. The molecule has 2 heteroatoms. The maximum absolute atomic E-state index is 10.6. The molecule has 0 heterocycles. The van der Waals surface area contributed by atoms with Crippen molar-refractivity contribution >= 4 is 0 Å². The highest BCUT2D eigenvalue weighted by atomic mass is 16.5. The van der Waals surface area contributed by atoms with Crippen LogP contribution in [0.25, 0.3) is 0 Å². The van der Waals surface area contributed by atoms with Gasteiger partial charge in [-0.25, -0.2) is 0 Å². The predicted molar refractivity (Wildman–Crippen MR) is 71.6 cm³/mol. The lowest BCUT2D eigenvalue weighted by Crippen LogP contribution is -2.07. The molecule has 0 aromatic heterocycles. The highest BCUT2D eigenvalue weighted by molar-refractivity contribution is 5.39. The molecule has 2 aliphatic rings. The third-order valence-corrected chi connectivity index (χ3v) is 4.62.